The van der Waals surface area contributed by atoms with Crippen molar-refractivity contribution >= 4 is 54.0 Å². The fraction of sp³-hybridized carbons (Fsp3) is 0.333. The van der Waals surface area contributed by atoms with Gasteiger partial charge in [0.25, 0.3) is 0 Å². The topological polar surface area (TPSA) is 79.8 Å². The third-order valence-corrected chi connectivity index (χ3v) is 8.00. The molecule has 2 aromatic carbocycles. The fourth-order valence-corrected chi connectivity index (χ4v) is 5.49. The van der Waals surface area contributed by atoms with E-state index in [0.29, 0.717) is 39.2 Å². The second-order valence-electron chi connectivity index (χ2n) is 7.30. The zero-order chi connectivity index (χ0) is 23.5. The van der Waals surface area contributed by atoms with Gasteiger partial charge in [-0.2, -0.15) is 0 Å². The highest BCUT2D eigenvalue weighted by Gasteiger charge is 2.24. The molecule has 0 bridgehead atoms. The Balaban J connectivity index is 1.87. The van der Waals surface area contributed by atoms with Gasteiger partial charge in [0.1, 0.15) is 17.1 Å². The van der Waals surface area contributed by atoms with E-state index in [0.717, 1.165) is 12.1 Å². The molecule has 7 nitrogen and oxygen atoms in total. The summed E-state index contributed by atoms with van der Waals surface area (Å²) >= 11 is 7.55. The van der Waals surface area contributed by atoms with Gasteiger partial charge >= 0.3 is 0 Å². The molecule has 0 saturated carbocycles. The number of nitrogens with zero attached hydrogens (tertiary/aromatic N) is 3. The van der Waals surface area contributed by atoms with Crippen molar-refractivity contribution in [3.05, 3.63) is 47.2 Å². The lowest BCUT2D eigenvalue weighted by molar-refractivity contribution is -0.118. The largest absolute Gasteiger partial charge is 0.494 e. The van der Waals surface area contributed by atoms with Gasteiger partial charge in [-0.25, -0.2) is 17.8 Å². The van der Waals surface area contributed by atoms with Gasteiger partial charge in [0.05, 0.1) is 27.5 Å². The molecule has 1 heterocycles. The molecule has 1 aromatic heterocycles. The molecule has 0 saturated heterocycles. The molecule has 172 valence electrons. The maximum absolute atomic E-state index is 13.1. The first-order chi connectivity index (χ1) is 15.1. The molecule has 0 aliphatic carbocycles. The number of rotatable bonds is 9. The standard InChI is InChI=1S/C21H23ClFN3O4S2/c1-25(2)11-12-26(21-24-19-17(30-3)9-8-16(22)20(19)31-21)18(27)10-13-32(28,29)15-6-4-14(23)5-7-15/h4-9H,10-13H2,1-3H3. The maximum atomic E-state index is 13.1. The van der Waals surface area contributed by atoms with Crippen LogP contribution >= 0.6 is 22.9 Å². The van der Waals surface area contributed by atoms with Crippen LogP contribution in [0.15, 0.2) is 41.3 Å². The second-order valence-corrected chi connectivity index (χ2v) is 10.8. The Hall–Kier alpha value is -2.27. The number of aromatic nitrogens is 1. The van der Waals surface area contributed by atoms with Crippen molar-refractivity contribution < 1.29 is 22.3 Å². The number of methoxy groups -OCH3 is 1. The zero-order valence-electron chi connectivity index (χ0n) is 17.8. The van der Waals surface area contributed by atoms with Gasteiger partial charge < -0.3 is 9.64 Å². The van der Waals surface area contributed by atoms with Crippen molar-refractivity contribution in [2.75, 3.05) is 44.9 Å². The normalized spacial score (nSPS) is 11.8. The number of hydrogen-bond donors (Lipinski definition) is 0. The third-order valence-electron chi connectivity index (χ3n) is 4.73. The number of likely N-dealkylation sites (N-methyl/N-ethyl adjacent to an activating group) is 1. The number of halogens is 2. The first-order valence-electron chi connectivity index (χ1n) is 9.69. The van der Waals surface area contributed by atoms with Crippen LogP contribution in [0, 0.1) is 5.82 Å². The van der Waals surface area contributed by atoms with Crippen LogP contribution in [0.5, 0.6) is 5.75 Å². The second kappa shape index (κ2) is 10.1. The lowest BCUT2D eigenvalue weighted by atomic mass is 10.3. The van der Waals surface area contributed by atoms with Gasteiger partial charge in [-0.1, -0.05) is 22.9 Å². The molecule has 0 aliphatic heterocycles. The SMILES string of the molecule is COc1ccc(Cl)c2sc(N(CCN(C)C)C(=O)CCS(=O)(=O)c3ccc(F)cc3)nc12. The summed E-state index contributed by atoms with van der Waals surface area (Å²) in [5.41, 5.74) is 0.543. The summed E-state index contributed by atoms with van der Waals surface area (Å²) in [5.74, 6) is -0.775. The highest BCUT2D eigenvalue weighted by Crippen LogP contribution is 2.38. The Morgan fingerprint density at radius 3 is 2.47 bits per heavy atom. The van der Waals surface area contributed by atoms with Gasteiger partial charge in [-0.3, -0.25) is 9.69 Å². The molecule has 0 atom stereocenters. The Morgan fingerprint density at radius 1 is 1.16 bits per heavy atom. The molecular formula is C21H23ClFN3O4S2. The summed E-state index contributed by atoms with van der Waals surface area (Å²) in [5, 5.41) is 0.904. The van der Waals surface area contributed by atoms with Crippen LogP contribution in [0.25, 0.3) is 10.2 Å². The first-order valence-corrected chi connectivity index (χ1v) is 12.5. The summed E-state index contributed by atoms with van der Waals surface area (Å²) in [4.78, 5) is 21.0. The van der Waals surface area contributed by atoms with E-state index < -0.39 is 21.4 Å². The summed E-state index contributed by atoms with van der Waals surface area (Å²) < 4.78 is 44.3. The van der Waals surface area contributed by atoms with Gasteiger partial charge in [0.2, 0.25) is 5.91 Å². The molecule has 3 aromatic rings. The Morgan fingerprint density at radius 2 is 1.84 bits per heavy atom. The van der Waals surface area contributed by atoms with Crippen molar-refractivity contribution in [2.24, 2.45) is 0 Å². The molecular weight excluding hydrogens is 477 g/mol. The van der Waals surface area contributed by atoms with Crippen LogP contribution in [0.4, 0.5) is 9.52 Å². The van der Waals surface area contributed by atoms with Gasteiger partial charge in [0, 0.05) is 19.5 Å². The molecule has 1 amide bonds. The van der Waals surface area contributed by atoms with Crippen molar-refractivity contribution in [1.29, 1.82) is 0 Å². The number of thiazole rings is 1. The fourth-order valence-electron chi connectivity index (χ4n) is 2.96. The Bertz CT molecular complexity index is 1210. The molecule has 11 heteroatoms. The number of fused-ring (bicyclic) bond motifs is 1. The number of sulfone groups is 1. The van der Waals surface area contributed by atoms with E-state index in [9.17, 15) is 17.6 Å². The van der Waals surface area contributed by atoms with Crippen molar-refractivity contribution in [3.8, 4) is 5.75 Å². The van der Waals surface area contributed by atoms with Crippen LogP contribution < -0.4 is 9.64 Å². The molecule has 0 unspecified atom stereocenters. The number of carbonyl (C=O) groups is 1. The summed E-state index contributed by atoms with van der Waals surface area (Å²) in [6.07, 6.45) is -0.242. The van der Waals surface area contributed by atoms with Crippen molar-refractivity contribution in [3.63, 3.8) is 0 Å². The Kier molecular flexibility index (Phi) is 7.71. The lowest BCUT2D eigenvalue weighted by Crippen LogP contribution is -2.37. The first kappa shape index (κ1) is 24.4. The van der Waals surface area contributed by atoms with Gasteiger partial charge in [0.15, 0.2) is 15.0 Å². The number of benzene rings is 2. The van der Waals surface area contributed by atoms with Crippen molar-refractivity contribution in [1.82, 2.24) is 9.88 Å². The minimum absolute atomic E-state index is 0.0250. The number of carbonyl (C=O) groups excluding carboxylic acids is 1. The zero-order valence-corrected chi connectivity index (χ0v) is 20.2. The van der Waals surface area contributed by atoms with E-state index in [1.165, 1.54) is 35.5 Å². The molecule has 0 N–H and O–H groups in total. The van der Waals surface area contributed by atoms with E-state index in [-0.39, 0.29) is 17.2 Å². The predicted octanol–water partition coefficient (Wildman–Crippen LogP) is 3.86. The number of anilines is 1. The molecule has 0 radical (unpaired) electrons. The van der Waals surface area contributed by atoms with Gasteiger partial charge in [-0.05, 0) is 50.5 Å². The predicted molar refractivity (Wildman–Crippen MR) is 125 cm³/mol. The van der Waals surface area contributed by atoms with Crippen LogP contribution in [-0.2, 0) is 14.6 Å². The van der Waals surface area contributed by atoms with E-state index >= 15 is 0 Å². The number of hydrogen-bond acceptors (Lipinski definition) is 7. The minimum atomic E-state index is -3.74. The molecule has 0 spiro atoms. The highest BCUT2D eigenvalue weighted by molar-refractivity contribution is 7.91. The summed E-state index contributed by atoms with van der Waals surface area (Å²) in [6.45, 7) is 0.874. The van der Waals surface area contributed by atoms with E-state index in [2.05, 4.69) is 4.98 Å². The highest BCUT2D eigenvalue weighted by atomic mass is 35.5. The monoisotopic (exact) mass is 499 g/mol. The van der Waals surface area contributed by atoms with Crippen LogP contribution in [-0.4, -0.2) is 64.3 Å². The van der Waals surface area contributed by atoms with Crippen LogP contribution in [0.3, 0.4) is 0 Å². The molecule has 0 aliphatic rings. The average molecular weight is 500 g/mol. The Labute approximate surface area is 195 Å². The van der Waals surface area contributed by atoms with Crippen LogP contribution in [0.2, 0.25) is 5.02 Å². The summed E-state index contributed by atoms with van der Waals surface area (Å²) in [7, 11) is 1.53. The van der Waals surface area contributed by atoms with Gasteiger partial charge in [-0.15, -0.1) is 0 Å². The van der Waals surface area contributed by atoms with Crippen molar-refractivity contribution in [2.45, 2.75) is 11.3 Å². The quantitative estimate of drug-likeness (QED) is 0.416. The van der Waals surface area contributed by atoms with Crippen LogP contribution in [0.1, 0.15) is 6.42 Å². The number of amides is 1. The average Bonchev–Trinajstić information content (AvgIpc) is 3.19. The maximum Gasteiger partial charge on any atom is 0.229 e. The van der Waals surface area contributed by atoms with E-state index in [4.69, 9.17) is 16.3 Å². The smallest absolute Gasteiger partial charge is 0.229 e. The molecule has 0 fully saturated rings. The molecule has 3 rings (SSSR count). The molecule has 32 heavy (non-hydrogen) atoms. The number of ether oxygens (including phenoxy) is 1. The van der Waals surface area contributed by atoms with E-state index in [1.807, 2.05) is 19.0 Å². The third kappa shape index (κ3) is 5.55. The summed E-state index contributed by atoms with van der Waals surface area (Å²) in [6, 6.07) is 7.95. The van der Waals surface area contributed by atoms with E-state index in [1.54, 1.807) is 12.1 Å². The lowest BCUT2D eigenvalue weighted by Gasteiger charge is -2.22. The minimum Gasteiger partial charge on any atom is -0.494 e.